The van der Waals surface area contributed by atoms with E-state index in [9.17, 15) is 0 Å². The molecular formula is C15H25NO. The number of methoxy groups -OCH3 is 1. The van der Waals surface area contributed by atoms with Gasteiger partial charge in [0.05, 0.1) is 5.60 Å². The predicted molar refractivity (Wildman–Crippen MR) is 74.6 cm³/mol. The van der Waals surface area contributed by atoms with Gasteiger partial charge in [-0.05, 0) is 51.3 Å². The summed E-state index contributed by atoms with van der Waals surface area (Å²) >= 11 is 0. The SMILES string of the molecule is CCc1ccc(NC(C)CC(C)(C)OC)cc1. The quantitative estimate of drug-likeness (QED) is 0.808. The second-order valence-electron chi connectivity index (χ2n) is 5.26. The molecule has 0 bridgehead atoms. The van der Waals surface area contributed by atoms with E-state index in [2.05, 4.69) is 57.3 Å². The van der Waals surface area contributed by atoms with Crippen molar-refractivity contribution in [3.63, 3.8) is 0 Å². The first-order valence-corrected chi connectivity index (χ1v) is 6.37. The lowest BCUT2D eigenvalue weighted by atomic mass is 9.99. The smallest absolute Gasteiger partial charge is 0.0642 e. The van der Waals surface area contributed by atoms with Crippen LogP contribution in [0.4, 0.5) is 5.69 Å². The molecule has 1 rings (SSSR count). The molecule has 2 heteroatoms. The molecule has 96 valence electrons. The Hall–Kier alpha value is -1.02. The predicted octanol–water partition coefficient (Wildman–Crippen LogP) is 3.86. The van der Waals surface area contributed by atoms with E-state index in [1.807, 2.05) is 0 Å². The van der Waals surface area contributed by atoms with Crippen LogP contribution in [-0.4, -0.2) is 18.8 Å². The Morgan fingerprint density at radius 3 is 2.29 bits per heavy atom. The fourth-order valence-corrected chi connectivity index (χ4v) is 1.99. The molecule has 0 fully saturated rings. The number of ether oxygens (including phenoxy) is 1. The van der Waals surface area contributed by atoms with Gasteiger partial charge in [0.2, 0.25) is 0 Å². The summed E-state index contributed by atoms with van der Waals surface area (Å²) in [6.07, 6.45) is 2.07. The number of benzene rings is 1. The first-order valence-electron chi connectivity index (χ1n) is 6.37. The Kier molecular flexibility index (Phi) is 5.01. The molecule has 1 aromatic rings. The number of nitrogens with one attached hydrogen (secondary N) is 1. The second-order valence-corrected chi connectivity index (χ2v) is 5.26. The Morgan fingerprint density at radius 1 is 1.24 bits per heavy atom. The number of hydrogen-bond donors (Lipinski definition) is 1. The molecule has 0 saturated carbocycles. The fraction of sp³-hybridized carbons (Fsp3) is 0.600. The maximum atomic E-state index is 5.44. The highest BCUT2D eigenvalue weighted by atomic mass is 16.5. The van der Waals surface area contributed by atoms with Gasteiger partial charge in [-0.2, -0.15) is 0 Å². The zero-order chi connectivity index (χ0) is 12.9. The first kappa shape index (κ1) is 14.0. The van der Waals surface area contributed by atoms with Crippen molar-refractivity contribution in [2.75, 3.05) is 12.4 Å². The number of hydrogen-bond acceptors (Lipinski definition) is 2. The van der Waals surface area contributed by atoms with E-state index in [0.717, 1.165) is 12.8 Å². The molecule has 2 nitrogen and oxygen atoms in total. The van der Waals surface area contributed by atoms with Crippen molar-refractivity contribution in [1.29, 1.82) is 0 Å². The van der Waals surface area contributed by atoms with Gasteiger partial charge in [0, 0.05) is 18.8 Å². The second kappa shape index (κ2) is 6.06. The van der Waals surface area contributed by atoms with Crippen LogP contribution in [0.15, 0.2) is 24.3 Å². The van der Waals surface area contributed by atoms with E-state index in [1.165, 1.54) is 11.3 Å². The van der Waals surface area contributed by atoms with Crippen molar-refractivity contribution in [3.8, 4) is 0 Å². The van der Waals surface area contributed by atoms with E-state index in [-0.39, 0.29) is 5.60 Å². The van der Waals surface area contributed by atoms with E-state index < -0.39 is 0 Å². The molecule has 1 unspecified atom stereocenters. The minimum Gasteiger partial charge on any atom is -0.382 e. The van der Waals surface area contributed by atoms with Gasteiger partial charge in [-0.1, -0.05) is 19.1 Å². The van der Waals surface area contributed by atoms with Crippen LogP contribution in [0.3, 0.4) is 0 Å². The Morgan fingerprint density at radius 2 is 1.82 bits per heavy atom. The zero-order valence-corrected chi connectivity index (χ0v) is 11.7. The maximum absolute atomic E-state index is 5.44. The molecule has 0 radical (unpaired) electrons. The van der Waals surface area contributed by atoms with Crippen LogP contribution in [0, 0.1) is 0 Å². The highest BCUT2D eigenvalue weighted by molar-refractivity contribution is 5.45. The van der Waals surface area contributed by atoms with E-state index in [0.29, 0.717) is 6.04 Å². The van der Waals surface area contributed by atoms with Gasteiger partial charge in [-0.3, -0.25) is 0 Å². The van der Waals surface area contributed by atoms with Crippen molar-refractivity contribution >= 4 is 5.69 Å². The summed E-state index contributed by atoms with van der Waals surface area (Å²) in [5.74, 6) is 0. The summed E-state index contributed by atoms with van der Waals surface area (Å²) in [5.41, 5.74) is 2.48. The molecule has 0 spiro atoms. The molecule has 0 amide bonds. The molecule has 0 aliphatic carbocycles. The molecule has 1 aromatic carbocycles. The van der Waals surface area contributed by atoms with Gasteiger partial charge >= 0.3 is 0 Å². The Bertz CT molecular complexity index is 329. The summed E-state index contributed by atoms with van der Waals surface area (Å²) < 4.78 is 5.44. The van der Waals surface area contributed by atoms with Gasteiger partial charge in [-0.25, -0.2) is 0 Å². The van der Waals surface area contributed by atoms with Crippen molar-refractivity contribution in [1.82, 2.24) is 0 Å². The molecule has 1 atom stereocenters. The zero-order valence-electron chi connectivity index (χ0n) is 11.7. The minimum absolute atomic E-state index is 0.0736. The third-order valence-electron chi connectivity index (χ3n) is 3.13. The van der Waals surface area contributed by atoms with Crippen LogP contribution >= 0.6 is 0 Å². The molecule has 0 aliphatic heterocycles. The minimum atomic E-state index is -0.0736. The summed E-state index contributed by atoms with van der Waals surface area (Å²) in [4.78, 5) is 0. The van der Waals surface area contributed by atoms with Crippen LogP contribution in [0.25, 0.3) is 0 Å². The van der Waals surface area contributed by atoms with Crippen LogP contribution in [0.1, 0.15) is 39.7 Å². The highest BCUT2D eigenvalue weighted by Crippen LogP contribution is 2.19. The van der Waals surface area contributed by atoms with Gasteiger partial charge in [0.1, 0.15) is 0 Å². The third kappa shape index (κ3) is 4.78. The largest absolute Gasteiger partial charge is 0.382 e. The maximum Gasteiger partial charge on any atom is 0.0642 e. The van der Waals surface area contributed by atoms with Crippen molar-refractivity contribution in [2.45, 2.75) is 52.2 Å². The number of aryl methyl sites for hydroxylation is 1. The normalized spacial score (nSPS) is 13.5. The monoisotopic (exact) mass is 235 g/mol. The first-order chi connectivity index (χ1) is 7.96. The van der Waals surface area contributed by atoms with E-state index >= 15 is 0 Å². The van der Waals surface area contributed by atoms with Gasteiger partial charge < -0.3 is 10.1 Å². The molecule has 0 heterocycles. The summed E-state index contributed by atoms with van der Waals surface area (Å²) in [6.45, 7) is 8.59. The molecule has 0 saturated heterocycles. The lowest BCUT2D eigenvalue weighted by molar-refractivity contribution is 0.0128. The molecule has 0 aromatic heterocycles. The summed E-state index contributed by atoms with van der Waals surface area (Å²) in [5, 5.41) is 3.50. The van der Waals surface area contributed by atoms with E-state index in [1.54, 1.807) is 7.11 Å². The Balaban J connectivity index is 2.52. The van der Waals surface area contributed by atoms with E-state index in [4.69, 9.17) is 4.74 Å². The third-order valence-corrected chi connectivity index (χ3v) is 3.13. The molecule has 17 heavy (non-hydrogen) atoms. The average Bonchev–Trinajstić information content (AvgIpc) is 2.29. The number of rotatable bonds is 6. The Labute approximate surface area is 105 Å². The van der Waals surface area contributed by atoms with Crippen LogP contribution in [-0.2, 0) is 11.2 Å². The summed E-state index contributed by atoms with van der Waals surface area (Å²) in [7, 11) is 1.77. The highest BCUT2D eigenvalue weighted by Gasteiger charge is 2.19. The van der Waals surface area contributed by atoms with Crippen LogP contribution in [0.2, 0.25) is 0 Å². The van der Waals surface area contributed by atoms with Crippen LogP contribution in [0.5, 0.6) is 0 Å². The molecule has 1 N–H and O–H groups in total. The summed E-state index contributed by atoms with van der Waals surface area (Å²) in [6, 6.07) is 9.05. The van der Waals surface area contributed by atoms with Gasteiger partial charge in [0.25, 0.3) is 0 Å². The average molecular weight is 235 g/mol. The number of anilines is 1. The van der Waals surface area contributed by atoms with Gasteiger partial charge in [-0.15, -0.1) is 0 Å². The fourth-order valence-electron chi connectivity index (χ4n) is 1.99. The van der Waals surface area contributed by atoms with Crippen LogP contribution < -0.4 is 5.32 Å². The van der Waals surface area contributed by atoms with Gasteiger partial charge in [0.15, 0.2) is 0 Å². The standard InChI is InChI=1S/C15H25NO/c1-6-13-7-9-14(10-8-13)16-12(2)11-15(3,4)17-5/h7-10,12,16H,6,11H2,1-5H3. The van der Waals surface area contributed by atoms with Crippen molar-refractivity contribution in [3.05, 3.63) is 29.8 Å². The van der Waals surface area contributed by atoms with Crippen molar-refractivity contribution in [2.24, 2.45) is 0 Å². The molecular weight excluding hydrogens is 210 g/mol. The lowest BCUT2D eigenvalue weighted by Crippen LogP contribution is -2.31. The topological polar surface area (TPSA) is 21.3 Å². The molecule has 0 aliphatic rings. The lowest BCUT2D eigenvalue weighted by Gasteiger charge is -2.27. The van der Waals surface area contributed by atoms with Crippen molar-refractivity contribution < 1.29 is 4.74 Å².